The third-order valence-electron chi connectivity index (χ3n) is 2.46. The summed E-state index contributed by atoms with van der Waals surface area (Å²) >= 11 is 1.66. The molecule has 0 atom stereocenters. The standard InChI is InChI=1S/C11H13N3O3S/c15-9(5-1-3-8-4-2-6-18-8)13-14-7-10(16)12-11(14)17/h2,4,6H,1,3,5,7H2,(H,13,15)(H,12,16,17). The highest BCUT2D eigenvalue weighted by molar-refractivity contribution is 7.09. The van der Waals surface area contributed by atoms with Gasteiger partial charge < -0.3 is 0 Å². The van der Waals surface area contributed by atoms with Crippen LogP contribution in [0.5, 0.6) is 0 Å². The van der Waals surface area contributed by atoms with Crippen LogP contribution in [0.2, 0.25) is 0 Å². The van der Waals surface area contributed by atoms with Gasteiger partial charge in [-0.05, 0) is 24.3 Å². The molecule has 0 spiro atoms. The molecule has 0 unspecified atom stereocenters. The fourth-order valence-electron chi connectivity index (χ4n) is 1.62. The monoisotopic (exact) mass is 267 g/mol. The summed E-state index contributed by atoms with van der Waals surface area (Å²) in [7, 11) is 0. The Hall–Kier alpha value is -1.89. The first-order valence-corrected chi connectivity index (χ1v) is 6.46. The van der Waals surface area contributed by atoms with Gasteiger partial charge in [0.1, 0.15) is 6.54 Å². The van der Waals surface area contributed by atoms with Crippen molar-refractivity contribution >= 4 is 29.2 Å². The van der Waals surface area contributed by atoms with Crippen molar-refractivity contribution in [1.82, 2.24) is 15.8 Å². The van der Waals surface area contributed by atoms with Crippen molar-refractivity contribution < 1.29 is 14.4 Å². The average Bonchev–Trinajstić information content (AvgIpc) is 2.90. The summed E-state index contributed by atoms with van der Waals surface area (Å²) in [5.74, 6) is -0.657. The Bertz CT molecular complexity index is 458. The van der Waals surface area contributed by atoms with Crippen molar-refractivity contribution in [3.05, 3.63) is 22.4 Å². The molecule has 2 heterocycles. The summed E-state index contributed by atoms with van der Waals surface area (Å²) in [5.41, 5.74) is 2.40. The second kappa shape index (κ2) is 5.63. The van der Waals surface area contributed by atoms with E-state index >= 15 is 0 Å². The molecule has 6 nitrogen and oxygen atoms in total. The number of amides is 4. The highest BCUT2D eigenvalue weighted by Crippen LogP contribution is 2.11. The van der Waals surface area contributed by atoms with Crippen LogP contribution in [0, 0.1) is 0 Å². The van der Waals surface area contributed by atoms with Crippen LogP contribution < -0.4 is 10.7 Å². The van der Waals surface area contributed by atoms with Crippen molar-refractivity contribution in [2.75, 3.05) is 6.54 Å². The summed E-state index contributed by atoms with van der Waals surface area (Å²) < 4.78 is 0. The van der Waals surface area contributed by atoms with Gasteiger partial charge in [-0.25, -0.2) is 9.80 Å². The van der Waals surface area contributed by atoms with Crippen LogP contribution in [-0.2, 0) is 16.0 Å². The molecule has 96 valence electrons. The number of carbonyl (C=O) groups is 3. The lowest BCUT2D eigenvalue weighted by atomic mass is 10.2. The molecule has 0 aliphatic carbocycles. The molecule has 0 bridgehead atoms. The highest BCUT2D eigenvalue weighted by Gasteiger charge is 2.27. The predicted molar refractivity (Wildman–Crippen MR) is 65.6 cm³/mol. The smallest absolute Gasteiger partial charge is 0.275 e. The molecule has 18 heavy (non-hydrogen) atoms. The van der Waals surface area contributed by atoms with Crippen LogP contribution in [0.1, 0.15) is 17.7 Å². The quantitative estimate of drug-likeness (QED) is 0.769. The van der Waals surface area contributed by atoms with E-state index in [4.69, 9.17) is 0 Å². The zero-order chi connectivity index (χ0) is 13.0. The van der Waals surface area contributed by atoms with E-state index < -0.39 is 11.9 Å². The molecule has 1 fully saturated rings. The SMILES string of the molecule is O=C1CN(NC(=O)CCCc2cccs2)C(=O)N1. The van der Waals surface area contributed by atoms with Gasteiger partial charge in [0, 0.05) is 11.3 Å². The van der Waals surface area contributed by atoms with E-state index in [1.165, 1.54) is 4.88 Å². The van der Waals surface area contributed by atoms with Crippen molar-refractivity contribution in [3.8, 4) is 0 Å². The number of imide groups is 1. The number of aryl methyl sites for hydroxylation is 1. The molecule has 2 rings (SSSR count). The molecule has 1 aromatic heterocycles. The van der Waals surface area contributed by atoms with Crippen LogP contribution in [0.3, 0.4) is 0 Å². The molecular formula is C11H13N3O3S. The zero-order valence-corrected chi connectivity index (χ0v) is 10.5. The Labute approximate surface area is 108 Å². The van der Waals surface area contributed by atoms with Crippen molar-refractivity contribution in [2.45, 2.75) is 19.3 Å². The summed E-state index contributed by atoms with van der Waals surface area (Å²) in [4.78, 5) is 34.8. The number of nitrogens with one attached hydrogen (secondary N) is 2. The van der Waals surface area contributed by atoms with Crippen LogP contribution in [0.15, 0.2) is 17.5 Å². The number of carbonyl (C=O) groups excluding carboxylic acids is 3. The minimum atomic E-state index is -0.577. The number of thiophene rings is 1. The maximum atomic E-state index is 11.5. The van der Waals surface area contributed by atoms with Crippen LogP contribution in [0.4, 0.5) is 4.79 Å². The molecule has 1 aromatic rings. The third kappa shape index (κ3) is 3.30. The van der Waals surface area contributed by atoms with Crippen molar-refractivity contribution in [2.24, 2.45) is 0 Å². The Morgan fingerprint density at radius 3 is 2.94 bits per heavy atom. The lowest BCUT2D eigenvalue weighted by Gasteiger charge is -2.14. The van der Waals surface area contributed by atoms with E-state index in [0.717, 1.165) is 17.9 Å². The minimum Gasteiger partial charge on any atom is -0.275 e. The lowest BCUT2D eigenvalue weighted by Crippen LogP contribution is -2.44. The summed E-state index contributed by atoms with van der Waals surface area (Å²) in [6.45, 7) is -0.116. The van der Waals surface area contributed by atoms with Gasteiger partial charge in [-0.3, -0.25) is 20.3 Å². The van der Waals surface area contributed by atoms with E-state index in [1.54, 1.807) is 11.3 Å². The predicted octanol–water partition coefficient (Wildman–Crippen LogP) is 0.654. The Morgan fingerprint density at radius 2 is 2.33 bits per heavy atom. The Kier molecular flexibility index (Phi) is 3.93. The molecule has 1 aliphatic rings. The summed E-state index contributed by atoms with van der Waals surface area (Å²) in [6, 6.07) is 3.42. The zero-order valence-electron chi connectivity index (χ0n) is 9.64. The molecule has 1 saturated heterocycles. The van der Waals surface area contributed by atoms with Crippen LogP contribution in [-0.4, -0.2) is 29.4 Å². The number of hydrazine groups is 1. The molecule has 1 aliphatic heterocycles. The van der Waals surface area contributed by atoms with Gasteiger partial charge in [0.15, 0.2) is 0 Å². The summed E-state index contributed by atoms with van der Waals surface area (Å²) in [5, 5.41) is 5.08. The van der Waals surface area contributed by atoms with Gasteiger partial charge in [-0.1, -0.05) is 6.07 Å². The first-order valence-electron chi connectivity index (χ1n) is 5.58. The van der Waals surface area contributed by atoms with Crippen LogP contribution >= 0.6 is 11.3 Å². The molecule has 7 heteroatoms. The van der Waals surface area contributed by atoms with E-state index in [2.05, 4.69) is 10.7 Å². The van der Waals surface area contributed by atoms with E-state index in [-0.39, 0.29) is 12.5 Å². The number of rotatable bonds is 5. The first kappa shape index (κ1) is 12.6. The van der Waals surface area contributed by atoms with Gasteiger partial charge >= 0.3 is 6.03 Å². The number of urea groups is 1. The molecular weight excluding hydrogens is 254 g/mol. The Morgan fingerprint density at radius 1 is 1.50 bits per heavy atom. The van der Waals surface area contributed by atoms with E-state index in [0.29, 0.717) is 6.42 Å². The van der Waals surface area contributed by atoms with Gasteiger partial charge in [-0.15, -0.1) is 11.3 Å². The second-order valence-corrected chi connectivity index (χ2v) is 4.94. The first-order chi connectivity index (χ1) is 8.65. The number of nitrogens with zero attached hydrogens (tertiary/aromatic N) is 1. The normalized spacial score (nSPS) is 14.8. The van der Waals surface area contributed by atoms with Gasteiger partial charge in [0.05, 0.1) is 0 Å². The topological polar surface area (TPSA) is 78.5 Å². The average molecular weight is 267 g/mol. The van der Waals surface area contributed by atoms with Crippen LogP contribution in [0.25, 0.3) is 0 Å². The second-order valence-electron chi connectivity index (χ2n) is 3.91. The fourth-order valence-corrected chi connectivity index (χ4v) is 2.37. The number of hydrogen-bond acceptors (Lipinski definition) is 4. The van der Waals surface area contributed by atoms with Crippen molar-refractivity contribution in [3.63, 3.8) is 0 Å². The van der Waals surface area contributed by atoms with Gasteiger partial charge in [-0.2, -0.15) is 0 Å². The van der Waals surface area contributed by atoms with Gasteiger partial charge in [0.25, 0.3) is 0 Å². The third-order valence-corrected chi connectivity index (χ3v) is 3.40. The number of hydrogen-bond donors (Lipinski definition) is 2. The van der Waals surface area contributed by atoms with E-state index in [9.17, 15) is 14.4 Å². The molecule has 0 saturated carbocycles. The molecule has 0 radical (unpaired) electrons. The fraction of sp³-hybridized carbons (Fsp3) is 0.364. The maximum absolute atomic E-state index is 11.5. The highest BCUT2D eigenvalue weighted by atomic mass is 32.1. The van der Waals surface area contributed by atoms with Crippen molar-refractivity contribution in [1.29, 1.82) is 0 Å². The van der Waals surface area contributed by atoms with Gasteiger partial charge in [0.2, 0.25) is 11.8 Å². The molecule has 0 aromatic carbocycles. The van der Waals surface area contributed by atoms with E-state index in [1.807, 2.05) is 17.5 Å². The Balaban J connectivity index is 1.69. The summed E-state index contributed by atoms with van der Waals surface area (Å²) in [6.07, 6.45) is 1.89. The lowest BCUT2D eigenvalue weighted by molar-refractivity contribution is -0.125. The molecule has 2 N–H and O–H groups in total. The molecule has 4 amide bonds. The maximum Gasteiger partial charge on any atom is 0.343 e. The minimum absolute atomic E-state index is 0.116. The largest absolute Gasteiger partial charge is 0.343 e.